The molecule has 6 nitrogen and oxygen atoms in total. The number of carbonyl (C=O) groups excluding carboxylic acids is 1. The molecular weight excluding hydrogens is 384 g/mol. The molecule has 0 saturated carbocycles. The van der Waals surface area contributed by atoms with E-state index in [1.807, 2.05) is 19.1 Å². The van der Waals surface area contributed by atoms with Gasteiger partial charge in [0.2, 0.25) is 11.0 Å². The molecular formula is C22H28N4O2S. The van der Waals surface area contributed by atoms with Gasteiger partial charge in [-0.1, -0.05) is 12.1 Å². The maximum atomic E-state index is 13.0. The fraction of sp³-hybridized carbons (Fsp3) is 0.591. The minimum atomic E-state index is 0.243. The normalized spacial score (nSPS) is 29.0. The van der Waals surface area contributed by atoms with E-state index in [4.69, 9.17) is 4.74 Å². The number of aryl methyl sites for hydroxylation is 1. The third kappa shape index (κ3) is 3.50. The number of methoxy groups -OCH3 is 1. The van der Waals surface area contributed by atoms with Crippen LogP contribution in [-0.2, 0) is 11.2 Å². The lowest BCUT2D eigenvalue weighted by atomic mass is 9.71. The number of rotatable bonds is 4. The van der Waals surface area contributed by atoms with Crippen molar-refractivity contribution in [1.82, 2.24) is 14.3 Å². The molecule has 154 valence electrons. The Hall–Kier alpha value is -2.15. The average Bonchev–Trinajstić information content (AvgIpc) is 3.18. The van der Waals surface area contributed by atoms with Gasteiger partial charge in [-0.2, -0.15) is 4.37 Å². The van der Waals surface area contributed by atoms with Gasteiger partial charge in [0.25, 0.3) is 0 Å². The highest BCUT2D eigenvalue weighted by atomic mass is 32.1. The van der Waals surface area contributed by atoms with E-state index in [0.29, 0.717) is 30.2 Å². The van der Waals surface area contributed by atoms with Gasteiger partial charge in [-0.3, -0.25) is 4.79 Å². The van der Waals surface area contributed by atoms with Crippen LogP contribution in [0.3, 0.4) is 0 Å². The van der Waals surface area contributed by atoms with Crippen molar-refractivity contribution in [2.45, 2.75) is 51.1 Å². The second-order valence-electron chi connectivity index (χ2n) is 8.67. The summed E-state index contributed by atoms with van der Waals surface area (Å²) in [5, 5.41) is 1.04. The van der Waals surface area contributed by atoms with Crippen molar-refractivity contribution in [1.29, 1.82) is 0 Å². The maximum absolute atomic E-state index is 13.0. The predicted octanol–water partition coefficient (Wildman–Crippen LogP) is 3.30. The Bertz CT molecular complexity index is 900. The van der Waals surface area contributed by atoms with Crippen LogP contribution in [0.4, 0.5) is 5.13 Å². The number of amides is 1. The predicted molar refractivity (Wildman–Crippen MR) is 113 cm³/mol. The van der Waals surface area contributed by atoms with Gasteiger partial charge in [0.15, 0.2) is 0 Å². The summed E-state index contributed by atoms with van der Waals surface area (Å²) < 4.78 is 9.82. The zero-order valence-corrected chi connectivity index (χ0v) is 17.9. The summed E-state index contributed by atoms with van der Waals surface area (Å²) in [7, 11) is 1.71. The molecule has 0 radical (unpaired) electrons. The summed E-state index contributed by atoms with van der Waals surface area (Å²) in [5.41, 5.74) is 1.24. The largest absolute Gasteiger partial charge is 0.497 e. The van der Waals surface area contributed by atoms with Gasteiger partial charge >= 0.3 is 0 Å². The molecule has 2 bridgehead atoms. The minimum absolute atomic E-state index is 0.243. The van der Waals surface area contributed by atoms with Crippen LogP contribution in [0.2, 0.25) is 0 Å². The number of piperidine rings is 3. The lowest BCUT2D eigenvalue weighted by Crippen LogP contribution is -2.65. The number of benzene rings is 1. The summed E-state index contributed by atoms with van der Waals surface area (Å²) in [4.78, 5) is 22.4. The number of anilines is 1. The number of aromatic nitrogens is 2. The zero-order chi connectivity index (χ0) is 20.0. The fourth-order valence-corrected chi connectivity index (χ4v) is 6.34. The van der Waals surface area contributed by atoms with Gasteiger partial charge in [0, 0.05) is 43.1 Å². The molecule has 5 rings (SSSR count). The van der Waals surface area contributed by atoms with E-state index in [0.717, 1.165) is 49.1 Å². The van der Waals surface area contributed by atoms with Gasteiger partial charge in [0.1, 0.15) is 11.6 Å². The van der Waals surface area contributed by atoms with E-state index in [1.54, 1.807) is 7.11 Å². The summed E-state index contributed by atoms with van der Waals surface area (Å²) in [6.07, 6.45) is 4.94. The number of hydrogen-bond donors (Lipinski definition) is 0. The first kappa shape index (κ1) is 18.9. The van der Waals surface area contributed by atoms with E-state index in [9.17, 15) is 4.79 Å². The fourth-order valence-electron chi connectivity index (χ4n) is 5.65. The molecule has 0 aliphatic carbocycles. The maximum Gasteiger partial charge on any atom is 0.223 e. The number of hydrogen-bond acceptors (Lipinski definition) is 6. The van der Waals surface area contributed by atoms with E-state index in [1.165, 1.54) is 23.5 Å². The molecule has 3 fully saturated rings. The van der Waals surface area contributed by atoms with Crippen LogP contribution in [0.5, 0.6) is 5.75 Å². The van der Waals surface area contributed by atoms with Gasteiger partial charge in [-0.25, -0.2) is 4.98 Å². The van der Waals surface area contributed by atoms with Crippen molar-refractivity contribution >= 4 is 22.6 Å². The molecule has 4 atom stereocenters. The summed E-state index contributed by atoms with van der Waals surface area (Å²) in [6, 6.07) is 8.91. The molecule has 1 amide bonds. The van der Waals surface area contributed by atoms with Crippen LogP contribution in [-0.4, -0.2) is 52.4 Å². The third-order valence-electron chi connectivity index (χ3n) is 6.86. The number of fused-ring (bicyclic) bond motifs is 4. The highest BCUT2D eigenvalue weighted by Gasteiger charge is 2.49. The van der Waals surface area contributed by atoms with E-state index < -0.39 is 0 Å². The molecule has 3 aliphatic rings. The lowest BCUT2D eigenvalue weighted by molar-refractivity contribution is -0.148. The van der Waals surface area contributed by atoms with Crippen molar-refractivity contribution in [2.24, 2.45) is 11.8 Å². The number of nitrogens with zero attached hydrogens (tertiary/aromatic N) is 4. The lowest BCUT2D eigenvalue weighted by Gasteiger charge is -2.56. The highest BCUT2D eigenvalue weighted by molar-refractivity contribution is 7.09. The molecule has 0 N–H and O–H groups in total. The average molecular weight is 413 g/mol. The number of ether oxygens (including phenoxy) is 1. The first-order chi connectivity index (χ1) is 14.1. The quantitative estimate of drug-likeness (QED) is 0.771. The molecule has 1 aromatic heterocycles. The molecule has 0 unspecified atom stereocenters. The molecule has 1 aromatic carbocycles. The Morgan fingerprint density at radius 2 is 2.14 bits per heavy atom. The van der Waals surface area contributed by atoms with Gasteiger partial charge in [-0.15, -0.1) is 0 Å². The van der Waals surface area contributed by atoms with Crippen LogP contribution in [0.1, 0.15) is 37.1 Å². The monoisotopic (exact) mass is 412 g/mol. The Balaban J connectivity index is 1.46. The molecule has 0 spiro atoms. The van der Waals surface area contributed by atoms with Gasteiger partial charge < -0.3 is 14.5 Å². The first-order valence-electron chi connectivity index (χ1n) is 10.6. The Morgan fingerprint density at radius 3 is 2.93 bits per heavy atom. The molecule has 7 heteroatoms. The molecule has 3 saturated heterocycles. The zero-order valence-electron chi connectivity index (χ0n) is 17.1. The standard InChI is InChI=1S/C22H28N4O2S/c1-14-23-22(29-24-14)25-12-16-11-17(13-25)20(26-19(16)7-4-8-21(26)27)10-15-5-3-6-18(9-15)28-2/h3,5-6,9,16-17,19-20H,4,7-8,10-13H2,1-2H3/t16-,17+,19+,20+/m1/s1. The SMILES string of the molecule is COc1cccc(C[C@H]2[C@H]3C[C@H](CN(c4nc(C)ns4)C3)[C@@H]3CCCC(=O)N32)c1. The Kier molecular flexibility index (Phi) is 4.94. The van der Waals surface area contributed by atoms with Crippen molar-refractivity contribution in [3.8, 4) is 5.75 Å². The van der Waals surface area contributed by atoms with Crippen LogP contribution in [0, 0.1) is 18.8 Å². The Morgan fingerprint density at radius 1 is 1.28 bits per heavy atom. The third-order valence-corrected chi connectivity index (χ3v) is 7.73. The Labute approximate surface area is 176 Å². The van der Waals surface area contributed by atoms with Crippen LogP contribution >= 0.6 is 11.5 Å². The minimum Gasteiger partial charge on any atom is -0.497 e. The second kappa shape index (κ2) is 7.59. The van der Waals surface area contributed by atoms with Gasteiger partial charge in [-0.05, 0) is 62.1 Å². The summed E-state index contributed by atoms with van der Waals surface area (Å²) >= 11 is 1.50. The smallest absolute Gasteiger partial charge is 0.223 e. The molecule has 29 heavy (non-hydrogen) atoms. The first-order valence-corrected chi connectivity index (χ1v) is 11.4. The topological polar surface area (TPSA) is 58.6 Å². The number of carbonyl (C=O) groups is 1. The van der Waals surface area contributed by atoms with E-state index in [2.05, 4.69) is 31.3 Å². The van der Waals surface area contributed by atoms with Crippen molar-refractivity contribution in [3.63, 3.8) is 0 Å². The summed E-state index contributed by atoms with van der Waals surface area (Å²) in [5.74, 6) is 3.07. The van der Waals surface area contributed by atoms with Crippen molar-refractivity contribution in [3.05, 3.63) is 35.7 Å². The van der Waals surface area contributed by atoms with Crippen LogP contribution in [0.15, 0.2) is 24.3 Å². The van der Waals surface area contributed by atoms with Crippen LogP contribution in [0.25, 0.3) is 0 Å². The summed E-state index contributed by atoms with van der Waals surface area (Å²) in [6.45, 7) is 3.90. The molecule has 2 aromatic rings. The second-order valence-corrected chi connectivity index (χ2v) is 9.40. The van der Waals surface area contributed by atoms with Crippen LogP contribution < -0.4 is 9.64 Å². The van der Waals surface area contributed by atoms with E-state index in [-0.39, 0.29) is 6.04 Å². The van der Waals surface area contributed by atoms with Crippen molar-refractivity contribution in [2.75, 3.05) is 25.1 Å². The van der Waals surface area contributed by atoms with Crippen molar-refractivity contribution < 1.29 is 9.53 Å². The molecule has 3 aliphatic heterocycles. The highest BCUT2D eigenvalue weighted by Crippen LogP contribution is 2.43. The van der Waals surface area contributed by atoms with Gasteiger partial charge in [0.05, 0.1) is 7.11 Å². The van der Waals surface area contributed by atoms with E-state index >= 15 is 0 Å². The molecule has 4 heterocycles.